The molecule has 1 rings (SSSR count). The lowest BCUT2D eigenvalue weighted by atomic mass is 10.0. The molecule has 18 heavy (non-hydrogen) atoms. The SMILES string of the molecule is Cc1ccc([C@H](C)NC(=O)CC(N)C(C)C)cc1. The molecule has 3 N–H and O–H groups in total. The Morgan fingerprint density at radius 1 is 1.22 bits per heavy atom. The van der Waals surface area contributed by atoms with Crippen LogP contribution in [0.4, 0.5) is 0 Å². The lowest BCUT2D eigenvalue weighted by molar-refractivity contribution is -0.122. The van der Waals surface area contributed by atoms with Gasteiger partial charge in [0.2, 0.25) is 5.91 Å². The van der Waals surface area contributed by atoms with Crippen LogP contribution in [0, 0.1) is 12.8 Å². The van der Waals surface area contributed by atoms with Gasteiger partial charge in [-0.3, -0.25) is 4.79 Å². The normalized spacial score (nSPS) is 14.3. The predicted molar refractivity (Wildman–Crippen MR) is 75.2 cm³/mol. The third kappa shape index (κ3) is 4.49. The second kappa shape index (κ2) is 6.55. The fourth-order valence-corrected chi connectivity index (χ4v) is 1.69. The Hall–Kier alpha value is -1.35. The van der Waals surface area contributed by atoms with Gasteiger partial charge in [-0.1, -0.05) is 43.7 Å². The minimum absolute atomic E-state index is 0.0178. The molecule has 0 aliphatic carbocycles. The van der Waals surface area contributed by atoms with Gasteiger partial charge in [-0.25, -0.2) is 0 Å². The van der Waals surface area contributed by atoms with Crippen molar-refractivity contribution in [1.29, 1.82) is 0 Å². The zero-order valence-corrected chi connectivity index (χ0v) is 11.7. The molecular formula is C15H24N2O. The van der Waals surface area contributed by atoms with E-state index in [1.54, 1.807) is 0 Å². The lowest BCUT2D eigenvalue weighted by Crippen LogP contribution is -2.35. The molecule has 1 aromatic carbocycles. The van der Waals surface area contributed by atoms with Crippen LogP contribution < -0.4 is 11.1 Å². The number of nitrogens with two attached hydrogens (primary N) is 1. The van der Waals surface area contributed by atoms with Gasteiger partial charge in [-0.05, 0) is 25.3 Å². The number of hydrogen-bond donors (Lipinski definition) is 2. The Morgan fingerprint density at radius 2 is 1.78 bits per heavy atom. The summed E-state index contributed by atoms with van der Waals surface area (Å²) in [4.78, 5) is 11.8. The Morgan fingerprint density at radius 3 is 2.28 bits per heavy atom. The van der Waals surface area contributed by atoms with Gasteiger partial charge in [0, 0.05) is 12.5 Å². The van der Waals surface area contributed by atoms with Crippen LogP contribution >= 0.6 is 0 Å². The molecule has 3 heteroatoms. The van der Waals surface area contributed by atoms with E-state index in [-0.39, 0.29) is 18.0 Å². The quantitative estimate of drug-likeness (QED) is 0.841. The van der Waals surface area contributed by atoms with Crippen molar-refractivity contribution in [3.8, 4) is 0 Å². The molecule has 0 aliphatic heterocycles. The fraction of sp³-hybridized carbons (Fsp3) is 0.533. The van der Waals surface area contributed by atoms with E-state index in [0.29, 0.717) is 12.3 Å². The van der Waals surface area contributed by atoms with E-state index in [2.05, 4.69) is 24.4 Å². The molecule has 2 atom stereocenters. The predicted octanol–water partition coefficient (Wildman–Crippen LogP) is 2.55. The molecule has 100 valence electrons. The highest BCUT2D eigenvalue weighted by molar-refractivity contribution is 5.77. The zero-order chi connectivity index (χ0) is 13.7. The van der Waals surface area contributed by atoms with E-state index in [9.17, 15) is 4.79 Å². The Labute approximate surface area is 110 Å². The molecule has 0 saturated heterocycles. The highest BCUT2D eigenvalue weighted by Gasteiger charge is 2.15. The van der Waals surface area contributed by atoms with Gasteiger partial charge in [0.25, 0.3) is 0 Å². The molecule has 0 aliphatic rings. The molecule has 0 bridgehead atoms. The molecule has 0 radical (unpaired) electrons. The summed E-state index contributed by atoms with van der Waals surface area (Å²) in [7, 11) is 0. The smallest absolute Gasteiger partial charge is 0.222 e. The Bertz CT molecular complexity index is 384. The summed E-state index contributed by atoms with van der Waals surface area (Å²) in [5.41, 5.74) is 8.23. The molecule has 0 spiro atoms. The van der Waals surface area contributed by atoms with Crippen molar-refractivity contribution in [1.82, 2.24) is 5.32 Å². The summed E-state index contributed by atoms with van der Waals surface area (Å²) in [5, 5.41) is 2.98. The third-order valence-corrected chi connectivity index (χ3v) is 3.23. The average Bonchev–Trinajstić information content (AvgIpc) is 2.29. The molecule has 0 heterocycles. The van der Waals surface area contributed by atoms with Crippen LogP contribution in [0.2, 0.25) is 0 Å². The Kier molecular flexibility index (Phi) is 5.35. The number of amides is 1. The van der Waals surface area contributed by atoms with Crippen molar-refractivity contribution in [2.24, 2.45) is 11.7 Å². The first-order valence-corrected chi connectivity index (χ1v) is 6.51. The van der Waals surface area contributed by atoms with E-state index >= 15 is 0 Å². The fourth-order valence-electron chi connectivity index (χ4n) is 1.69. The van der Waals surface area contributed by atoms with Gasteiger partial charge in [0.05, 0.1) is 6.04 Å². The van der Waals surface area contributed by atoms with Crippen LogP contribution in [-0.2, 0) is 4.79 Å². The van der Waals surface area contributed by atoms with Crippen LogP contribution in [0.5, 0.6) is 0 Å². The number of carbonyl (C=O) groups is 1. The standard InChI is InChI=1S/C15H24N2O/c1-10(2)14(16)9-15(18)17-12(4)13-7-5-11(3)6-8-13/h5-8,10,12,14H,9,16H2,1-4H3,(H,17,18)/t12-,14?/m0/s1. The van der Waals surface area contributed by atoms with Gasteiger partial charge in [-0.15, -0.1) is 0 Å². The van der Waals surface area contributed by atoms with Gasteiger partial charge >= 0.3 is 0 Å². The van der Waals surface area contributed by atoms with Gasteiger partial charge in [0.15, 0.2) is 0 Å². The number of carbonyl (C=O) groups excluding carboxylic acids is 1. The second-order valence-corrected chi connectivity index (χ2v) is 5.31. The number of aryl methyl sites for hydroxylation is 1. The summed E-state index contributed by atoms with van der Waals surface area (Å²) in [5.74, 6) is 0.342. The first kappa shape index (κ1) is 14.7. The highest BCUT2D eigenvalue weighted by atomic mass is 16.1. The molecule has 1 aromatic rings. The molecule has 0 fully saturated rings. The summed E-state index contributed by atoms with van der Waals surface area (Å²) in [6.45, 7) is 8.10. The molecule has 3 nitrogen and oxygen atoms in total. The zero-order valence-electron chi connectivity index (χ0n) is 11.7. The van der Waals surface area contributed by atoms with E-state index in [1.807, 2.05) is 32.9 Å². The van der Waals surface area contributed by atoms with Crippen molar-refractivity contribution in [3.05, 3.63) is 35.4 Å². The maximum Gasteiger partial charge on any atom is 0.222 e. The maximum atomic E-state index is 11.8. The molecule has 0 saturated carbocycles. The van der Waals surface area contributed by atoms with Crippen molar-refractivity contribution in [3.63, 3.8) is 0 Å². The van der Waals surface area contributed by atoms with Gasteiger partial charge in [0.1, 0.15) is 0 Å². The van der Waals surface area contributed by atoms with Crippen molar-refractivity contribution in [2.45, 2.75) is 46.2 Å². The molecule has 0 aromatic heterocycles. The minimum atomic E-state index is -0.0739. The topological polar surface area (TPSA) is 55.1 Å². The van der Waals surface area contributed by atoms with Crippen molar-refractivity contribution >= 4 is 5.91 Å². The number of rotatable bonds is 5. The summed E-state index contributed by atoms with van der Waals surface area (Å²) in [6, 6.07) is 8.15. The van der Waals surface area contributed by atoms with Crippen molar-refractivity contribution in [2.75, 3.05) is 0 Å². The van der Waals surface area contributed by atoms with Crippen LogP contribution in [0.3, 0.4) is 0 Å². The first-order chi connectivity index (χ1) is 8.40. The van der Waals surface area contributed by atoms with E-state index in [1.165, 1.54) is 5.56 Å². The summed E-state index contributed by atoms with van der Waals surface area (Å²) in [6.07, 6.45) is 0.383. The average molecular weight is 248 g/mol. The Balaban J connectivity index is 2.51. The number of nitrogens with one attached hydrogen (secondary N) is 1. The summed E-state index contributed by atoms with van der Waals surface area (Å²) < 4.78 is 0. The minimum Gasteiger partial charge on any atom is -0.350 e. The van der Waals surface area contributed by atoms with E-state index in [0.717, 1.165) is 5.56 Å². The van der Waals surface area contributed by atoms with E-state index in [4.69, 9.17) is 5.73 Å². The summed E-state index contributed by atoms with van der Waals surface area (Å²) >= 11 is 0. The van der Waals surface area contributed by atoms with Crippen LogP contribution in [0.25, 0.3) is 0 Å². The van der Waals surface area contributed by atoms with E-state index < -0.39 is 0 Å². The van der Waals surface area contributed by atoms with Gasteiger partial charge in [-0.2, -0.15) is 0 Å². The molecular weight excluding hydrogens is 224 g/mol. The third-order valence-electron chi connectivity index (χ3n) is 3.23. The maximum absolute atomic E-state index is 11.8. The number of hydrogen-bond acceptors (Lipinski definition) is 2. The monoisotopic (exact) mass is 248 g/mol. The molecule has 1 amide bonds. The van der Waals surface area contributed by atoms with Crippen LogP contribution in [-0.4, -0.2) is 11.9 Å². The van der Waals surface area contributed by atoms with Crippen molar-refractivity contribution < 1.29 is 4.79 Å². The highest BCUT2D eigenvalue weighted by Crippen LogP contribution is 2.13. The molecule has 1 unspecified atom stereocenters. The first-order valence-electron chi connectivity index (χ1n) is 6.51. The lowest BCUT2D eigenvalue weighted by Gasteiger charge is -2.18. The second-order valence-electron chi connectivity index (χ2n) is 5.31. The van der Waals surface area contributed by atoms with Crippen LogP contribution in [0.15, 0.2) is 24.3 Å². The van der Waals surface area contributed by atoms with Crippen LogP contribution in [0.1, 0.15) is 44.4 Å². The van der Waals surface area contributed by atoms with Gasteiger partial charge < -0.3 is 11.1 Å². The largest absolute Gasteiger partial charge is 0.350 e. The number of benzene rings is 1.